The Morgan fingerprint density at radius 1 is 0.347 bits per heavy atom. The second-order valence-electron chi connectivity index (χ2n) is 12.8. The Labute approximate surface area is 329 Å². The summed E-state index contributed by atoms with van der Waals surface area (Å²) in [5.74, 6) is 3.96. The van der Waals surface area contributed by atoms with Gasteiger partial charge in [-0.3, -0.25) is 0 Å². The molecule has 2 aliphatic heterocycles. The van der Waals surface area contributed by atoms with Crippen molar-refractivity contribution in [3.05, 3.63) is 157 Å². The number of hydrogen-bond donors (Lipinski definition) is 0. The van der Waals surface area contributed by atoms with Crippen molar-refractivity contribution in [2.75, 3.05) is 0 Å². The van der Waals surface area contributed by atoms with Crippen molar-refractivity contribution >= 4 is 94.8 Å². The van der Waals surface area contributed by atoms with Crippen molar-refractivity contribution in [2.45, 2.75) is 78.4 Å². The van der Waals surface area contributed by atoms with Crippen LogP contribution in [0.15, 0.2) is 89.7 Å². The Bertz CT molecular complexity index is 1650. The van der Waals surface area contributed by atoms with Gasteiger partial charge < -0.3 is 0 Å². The van der Waals surface area contributed by atoms with E-state index in [2.05, 4.69) is 128 Å². The summed E-state index contributed by atoms with van der Waals surface area (Å²) in [5.41, 5.74) is 16.5. The van der Waals surface area contributed by atoms with Crippen molar-refractivity contribution in [3.8, 4) is 0 Å². The molecular formula is C40H44NS8+. The van der Waals surface area contributed by atoms with E-state index in [1.54, 1.807) is 0 Å². The Hall–Kier alpha value is -0.880. The van der Waals surface area contributed by atoms with Gasteiger partial charge in [0, 0.05) is 23.0 Å². The zero-order valence-corrected chi connectivity index (χ0v) is 36.0. The van der Waals surface area contributed by atoms with Gasteiger partial charge in [0.15, 0.2) is 47.8 Å². The van der Waals surface area contributed by atoms with E-state index in [1.807, 2.05) is 94.8 Å². The standard InChI is InChI=1S/C40H44NS8/c1-25-9-13-33(17-29(25)5)21-42-37-38(43-22-34-14-10-26(2)30(6)18-34)47-41(46-37)48-39(44-23-35-15-11-27(3)31(7)19-35)40(49-41)45-24-36-16-12-28(4)32(8)20-36/h9-20H,21-24H2,1-8H3/q+1. The van der Waals surface area contributed by atoms with Gasteiger partial charge in [-0.2, -0.15) is 0 Å². The van der Waals surface area contributed by atoms with Crippen molar-refractivity contribution in [3.63, 3.8) is 0 Å². The first-order valence-electron chi connectivity index (χ1n) is 16.4. The highest BCUT2D eigenvalue weighted by atomic mass is 32.4. The molecule has 9 heteroatoms. The normalized spacial score (nSPS) is 15.7. The lowest BCUT2D eigenvalue weighted by Gasteiger charge is -2.17. The van der Waals surface area contributed by atoms with Gasteiger partial charge in [-0.05, 0) is 122 Å². The SMILES string of the molecule is Cc1ccc(CSC2=C(SCc3ccc(C)c(C)c3)S[N+]3(S2)SC(SCc2ccc(C)c(C)c2)=C(SCc2ccc(C)c(C)c2)S3)cc1C. The van der Waals surface area contributed by atoms with Gasteiger partial charge in [0.25, 0.3) is 0 Å². The van der Waals surface area contributed by atoms with Crippen molar-refractivity contribution in [2.24, 2.45) is 0 Å². The molecule has 0 radical (unpaired) electrons. The minimum absolute atomic E-state index is 0.815. The molecule has 0 saturated carbocycles. The number of rotatable bonds is 12. The number of quaternary nitrogens is 1. The smallest absolute Gasteiger partial charge is 0.107 e. The molecule has 0 N–H and O–H groups in total. The maximum atomic E-state index is 2.37. The minimum Gasteiger partial charge on any atom is -0.107 e. The molecule has 4 aromatic rings. The minimum atomic E-state index is 0.815. The van der Waals surface area contributed by atoms with Crippen LogP contribution in [0.4, 0.5) is 0 Å². The zero-order valence-electron chi connectivity index (χ0n) is 29.5. The Morgan fingerprint density at radius 3 is 0.776 bits per heavy atom. The zero-order chi connectivity index (χ0) is 34.7. The molecule has 0 saturated heterocycles. The second-order valence-corrected chi connectivity index (χ2v) is 23.7. The summed E-state index contributed by atoms with van der Waals surface area (Å²) in [6.45, 7) is 17.7. The lowest BCUT2D eigenvalue weighted by atomic mass is 10.1. The molecule has 2 heterocycles. The molecule has 1 nitrogen and oxygen atoms in total. The summed E-state index contributed by atoms with van der Waals surface area (Å²) >= 11 is 16.2. The summed E-state index contributed by atoms with van der Waals surface area (Å²) < 4.78 is 6.63. The Balaban J connectivity index is 1.23. The van der Waals surface area contributed by atoms with Gasteiger partial charge >= 0.3 is 0 Å². The van der Waals surface area contributed by atoms with Gasteiger partial charge in [-0.1, -0.05) is 74.9 Å². The first-order valence-corrected chi connectivity index (χ1v) is 23.4. The highest BCUT2D eigenvalue weighted by Gasteiger charge is 2.54. The van der Waals surface area contributed by atoms with Crippen LogP contribution in [0.25, 0.3) is 0 Å². The predicted octanol–water partition coefficient (Wildman–Crippen LogP) is 14.9. The predicted molar refractivity (Wildman–Crippen MR) is 234 cm³/mol. The quantitative estimate of drug-likeness (QED) is 0.101. The molecule has 256 valence electrons. The van der Waals surface area contributed by atoms with Crippen molar-refractivity contribution in [1.82, 2.24) is 0 Å². The van der Waals surface area contributed by atoms with Crippen LogP contribution < -0.4 is 0 Å². The number of thioether (sulfide) groups is 4. The fourth-order valence-corrected chi connectivity index (χ4v) is 19.1. The van der Waals surface area contributed by atoms with E-state index in [4.69, 9.17) is 0 Å². The molecule has 0 atom stereocenters. The maximum absolute atomic E-state index is 2.37. The van der Waals surface area contributed by atoms with Crippen LogP contribution in [-0.2, 0) is 23.0 Å². The highest BCUT2D eigenvalue weighted by molar-refractivity contribution is 8.45. The number of hydrogen-bond acceptors (Lipinski definition) is 8. The summed E-state index contributed by atoms with van der Waals surface area (Å²) in [6, 6.07) is 27.8. The van der Waals surface area contributed by atoms with Crippen LogP contribution in [-0.4, -0.2) is 2.10 Å². The Morgan fingerprint density at radius 2 is 0.571 bits per heavy atom. The molecule has 0 aliphatic carbocycles. The topological polar surface area (TPSA) is 0 Å². The molecule has 0 amide bonds. The van der Waals surface area contributed by atoms with Gasteiger partial charge in [0.1, 0.15) is 16.9 Å². The third kappa shape index (κ3) is 9.76. The van der Waals surface area contributed by atoms with E-state index in [-0.39, 0.29) is 0 Å². The fraction of sp³-hybridized carbons (Fsp3) is 0.300. The third-order valence-corrected chi connectivity index (χ3v) is 21.1. The molecule has 1 spiro atoms. The number of nitrogens with zero attached hydrogens (tertiary/aromatic N) is 1. The molecule has 0 fully saturated rings. The van der Waals surface area contributed by atoms with Gasteiger partial charge in [-0.15, -0.1) is 47.0 Å². The van der Waals surface area contributed by atoms with Crippen LogP contribution in [0, 0.1) is 55.4 Å². The fourth-order valence-electron chi connectivity index (χ4n) is 5.18. The van der Waals surface area contributed by atoms with Gasteiger partial charge in [0.2, 0.25) is 0 Å². The van der Waals surface area contributed by atoms with E-state index < -0.39 is 0 Å². The number of benzene rings is 4. The van der Waals surface area contributed by atoms with Crippen molar-refractivity contribution in [1.29, 1.82) is 0 Å². The summed E-state index contributed by atoms with van der Waals surface area (Å²) in [6.07, 6.45) is 0. The third-order valence-electron chi connectivity index (χ3n) is 8.88. The molecule has 6 rings (SSSR count). The monoisotopic (exact) mass is 794 g/mol. The molecular weight excluding hydrogens is 751 g/mol. The molecule has 0 bridgehead atoms. The van der Waals surface area contributed by atoms with Crippen LogP contribution in [0.2, 0.25) is 0 Å². The van der Waals surface area contributed by atoms with E-state index in [0.717, 1.165) is 25.1 Å². The van der Waals surface area contributed by atoms with Crippen LogP contribution >= 0.6 is 94.8 Å². The van der Waals surface area contributed by atoms with Crippen LogP contribution in [0.1, 0.15) is 66.8 Å². The summed E-state index contributed by atoms with van der Waals surface area (Å²) in [5, 5.41) is 0. The van der Waals surface area contributed by atoms with Crippen molar-refractivity contribution < 1.29 is 2.10 Å². The van der Waals surface area contributed by atoms with E-state index in [9.17, 15) is 0 Å². The lowest BCUT2D eigenvalue weighted by molar-refractivity contribution is -0.264. The second kappa shape index (κ2) is 16.9. The molecule has 0 unspecified atom stereocenters. The van der Waals surface area contributed by atoms with Gasteiger partial charge in [0.05, 0.1) is 0 Å². The number of aryl methyl sites for hydroxylation is 8. The molecule has 2 aliphatic rings. The average molecular weight is 795 g/mol. The summed E-state index contributed by atoms with van der Waals surface area (Å²) in [4.78, 5) is 0. The molecule has 4 aromatic carbocycles. The lowest BCUT2D eigenvalue weighted by Crippen LogP contribution is -2.07. The average Bonchev–Trinajstić information content (AvgIpc) is 3.60. The maximum Gasteiger partial charge on any atom is 0.161 e. The Kier molecular flexibility index (Phi) is 13.0. The van der Waals surface area contributed by atoms with E-state index >= 15 is 0 Å². The molecule has 49 heavy (non-hydrogen) atoms. The summed E-state index contributed by atoms with van der Waals surface area (Å²) in [7, 11) is 0. The molecule has 0 aromatic heterocycles. The largest absolute Gasteiger partial charge is 0.161 e. The first-order chi connectivity index (χ1) is 23.5. The highest BCUT2D eigenvalue weighted by Crippen LogP contribution is 2.75. The first kappa shape index (κ1) is 37.9. The van der Waals surface area contributed by atoms with Gasteiger partial charge in [-0.25, -0.2) is 0 Å². The van der Waals surface area contributed by atoms with E-state index in [1.165, 1.54) is 83.7 Å². The van der Waals surface area contributed by atoms with Crippen LogP contribution in [0.3, 0.4) is 0 Å². The van der Waals surface area contributed by atoms with Crippen LogP contribution in [0.5, 0.6) is 0 Å². The van der Waals surface area contributed by atoms with E-state index in [0.29, 0.717) is 0 Å².